The number of aliphatic hydroxyl groups is 2. The summed E-state index contributed by atoms with van der Waals surface area (Å²) in [5.41, 5.74) is 2.55. The number of benzene rings is 2. The lowest BCUT2D eigenvalue weighted by atomic mass is 10.1. The number of hydrogen-bond acceptors (Lipinski definition) is 5. The molecule has 0 aliphatic carbocycles. The van der Waals surface area contributed by atoms with Gasteiger partial charge in [-0.15, -0.1) is 0 Å². The highest BCUT2D eigenvalue weighted by Crippen LogP contribution is 2.22. The highest BCUT2D eigenvalue weighted by molar-refractivity contribution is 5.36. The van der Waals surface area contributed by atoms with E-state index in [2.05, 4.69) is 35.6 Å². The van der Waals surface area contributed by atoms with E-state index in [1.807, 2.05) is 0 Å². The zero-order valence-electron chi connectivity index (χ0n) is 17.9. The van der Waals surface area contributed by atoms with Crippen molar-refractivity contribution >= 4 is 0 Å². The van der Waals surface area contributed by atoms with Gasteiger partial charge in [0.1, 0.15) is 5.75 Å². The molecule has 1 atom stereocenters. The van der Waals surface area contributed by atoms with Crippen LogP contribution in [-0.4, -0.2) is 41.6 Å². The number of hydrogen-bond donors (Lipinski definition) is 4. The molecule has 0 saturated heterocycles. The predicted molar refractivity (Wildman–Crippen MR) is 121 cm³/mol. The number of aryl methyl sites for hydroxylation is 1. The van der Waals surface area contributed by atoms with Crippen LogP contribution in [0.25, 0.3) is 0 Å². The molecule has 5 heteroatoms. The van der Waals surface area contributed by atoms with E-state index in [-0.39, 0.29) is 12.4 Å². The number of unbranched alkanes of at least 4 members (excludes halogenated alkanes) is 4. The van der Waals surface area contributed by atoms with Crippen LogP contribution in [0.15, 0.2) is 48.5 Å². The highest BCUT2D eigenvalue weighted by Gasteiger charge is 2.09. The van der Waals surface area contributed by atoms with Gasteiger partial charge in [-0.05, 0) is 61.9 Å². The molecule has 1 unspecified atom stereocenters. The maximum absolute atomic E-state index is 10.2. The van der Waals surface area contributed by atoms with Crippen LogP contribution in [0.4, 0.5) is 0 Å². The first-order valence-electron chi connectivity index (χ1n) is 11.1. The van der Waals surface area contributed by atoms with Gasteiger partial charge in [-0.2, -0.15) is 0 Å². The monoisotopic (exact) mass is 415 g/mol. The van der Waals surface area contributed by atoms with Gasteiger partial charge in [-0.25, -0.2) is 0 Å². The maximum atomic E-state index is 10.2. The Morgan fingerprint density at radius 3 is 2.37 bits per heavy atom. The lowest BCUT2D eigenvalue weighted by Gasteiger charge is -2.14. The molecule has 2 rings (SSSR count). The molecule has 0 radical (unpaired) electrons. The summed E-state index contributed by atoms with van der Waals surface area (Å²) in [6.45, 7) is 2.65. The minimum Gasteiger partial charge on any atom is -0.508 e. The summed E-state index contributed by atoms with van der Waals surface area (Å²) in [5.74, 6) is 0.0496. The molecule has 2 aromatic rings. The van der Waals surface area contributed by atoms with Gasteiger partial charge in [0.15, 0.2) is 0 Å². The van der Waals surface area contributed by atoms with Crippen LogP contribution in [0, 0.1) is 0 Å². The van der Waals surface area contributed by atoms with Gasteiger partial charge in [0.25, 0.3) is 0 Å². The van der Waals surface area contributed by atoms with E-state index < -0.39 is 6.10 Å². The molecular formula is C25H37NO4. The van der Waals surface area contributed by atoms with Gasteiger partial charge in [-0.1, -0.05) is 49.2 Å². The third-order valence-corrected chi connectivity index (χ3v) is 5.24. The van der Waals surface area contributed by atoms with E-state index in [1.54, 1.807) is 12.1 Å². The van der Waals surface area contributed by atoms with Crippen LogP contribution < -0.4 is 5.32 Å². The first kappa shape index (κ1) is 24.4. The van der Waals surface area contributed by atoms with Gasteiger partial charge >= 0.3 is 0 Å². The van der Waals surface area contributed by atoms with Crippen LogP contribution >= 0.6 is 0 Å². The number of rotatable bonds is 16. The van der Waals surface area contributed by atoms with Crippen molar-refractivity contribution in [2.75, 3.05) is 26.3 Å². The van der Waals surface area contributed by atoms with E-state index in [0.29, 0.717) is 17.7 Å². The Labute approximate surface area is 180 Å². The van der Waals surface area contributed by atoms with Crippen molar-refractivity contribution in [1.29, 1.82) is 0 Å². The second kappa shape index (κ2) is 15.0. The van der Waals surface area contributed by atoms with E-state index >= 15 is 0 Å². The molecule has 0 heterocycles. The van der Waals surface area contributed by atoms with Crippen molar-refractivity contribution in [3.8, 4) is 5.75 Å². The largest absolute Gasteiger partial charge is 0.508 e. The Morgan fingerprint density at radius 1 is 0.867 bits per heavy atom. The molecule has 0 bridgehead atoms. The fraction of sp³-hybridized carbons (Fsp3) is 0.520. The zero-order valence-corrected chi connectivity index (χ0v) is 17.9. The van der Waals surface area contributed by atoms with Gasteiger partial charge in [0.2, 0.25) is 0 Å². The minimum absolute atomic E-state index is 0.0496. The van der Waals surface area contributed by atoms with Gasteiger partial charge < -0.3 is 25.4 Å². The van der Waals surface area contributed by atoms with Crippen molar-refractivity contribution < 1.29 is 20.1 Å². The molecular weight excluding hydrogens is 378 g/mol. The molecule has 2 aromatic carbocycles. The van der Waals surface area contributed by atoms with Gasteiger partial charge in [0, 0.05) is 25.3 Å². The Bertz CT molecular complexity index is 693. The molecule has 0 amide bonds. The van der Waals surface area contributed by atoms with E-state index in [4.69, 9.17) is 4.74 Å². The molecule has 0 aromatic heterocycles. The highest BCUT2D eigenvalue weighted by atomic mass is 16.5. The molecule has 0 aliphatic heterocycles. The fourth-order valence-electron chi connectivity index (χ4n) is 3.38. The number of phenols is 1. The summed E-state index contributed by atoms with van der Waals surface area (Å²) in [6, 6.07) is 15.5. The quantitative estimate of drug-likeness (QED) is 0.310. The van der Waals surface area contributed by atoms with Gasteiger partial charge in [-0.3, -0.25) is 0 Å². The first-order chi connectivity index (χ1) is 14.7. The lowest BCUT2D eigenvalue weighted by Crippen LogP contribution is -2.22. The predicted octanol–water partition coefficient (Wildman–Crippen LogP) is 4.11. The normalized spacial score (nSPS) is 12.2. The van der Waals surface area contributed by atoms with Crippen molar-refractivity contribution in [3.63, 3.8) is 0 Å². The summed E-state index contributed by atoms with van der Waals surface area (Å²) >= 11 is 0. The first-order valence-corrected chi connectivity index (χ1v) is 11.1. The molecule has 0 fully saturated rings. The minimum atomic E-state index is -0.658. The summed E-state index contributed by atoms with van der Waals surface area (Å²) in [7, 11) is 0. The van der Waals surface area contributed by atoms with Crippen LogP contribution in [0.2, 0.25) is 0 Å². The molecule has 0 spiro atoms. The van der Waals surface area contributed by atoms with Crippen molar-refractivity contribution in [3.05, 3.63) is 65.2 Å². The topological polar surface area (TPSA) is 82.0 Å². The Kier molecular flexibility index (Phi) is 12.1. The average molecular weight is 416 g/mol. The molecule has 30 heavy (non-hydrogen) atoms. The summed E-state index contributed by atoms with van der Waals surface area (Å²) in [4.78, 5) is 0. The third-order valence-electron chi connectivity index (χ3n) is 5.24. The van der Waals surface area contributed by atoms with Crippen LogP contribution in [-0.2, 0) is 17.8 Å². The zero-order chi connectivity index (χ0) is 21.4. The molecule has 0 aliphatic rings. The van der Waals surface area contributed by atoms with Crippen LogP contribution in [0.3, 0.4) is 0 Å². The summed E-state index contributed by atoms with van der Waals surface area (Å²) in [5, 5.41) is 32.2. The molecule has 5 nitrogen and oxygen atoms in total. The summed E-state index contributed by atoms with van der Waals surface area (Å²) < 4.78 is 5.71. The number of ether oxygens (including phenoxy) is 1. The van der Waals surface area contributed by atoms with E-state index in [1.165, 1.54) is 37.3 Å². The Hall–Kier alpha value is -1.92. The second-order valence-corrected chi connectivity index (χ2v) is 7.74. The number of aromatic hydroxyl groups is 1. The fourth-order valence-corrected chi connectivity index (χ4v) is 3.38. The van der Waals surface area contributed by atoms with Crippen LogP contribution in [0.1, 0.15) is 61.3 Å². The lowest BCUT2D eigenvalue weighted by molar-refractivity contribution is 0.125. The number of aliphatic hydroxyl groups excluding tert-OH is 2. The standard InChI is InChI=1S/C25H37NO4/c27-20-23-18-22(13-14-24(23)28)25(29)19-26-15-7-9-17-30-16-8-2-1-4-10-21-11-5-3-6-12-21/h3,5-6,11-14,18,25-29H,1-2,4,7-10,15-17,19-20H2. The summed E-state index contributed by atoms with van der Waals surface area (Å²) in [6.07, 6.45) is 7.36. The average Bonchev–Trinajstić information content (AvgIpc) is 2.77. The SMILES string of the molecule is OCc1cc(C(O)CNCCCCOCCCCCCc2ccccc2)ccc1O. The van der Waals surface area contributed by atoms with Crippen molar-refractivity contribution in [1.82, 2.24) is 5.32 Å². The second-order valence-electron chi connectivity index (χ2n) is 7.74. The smallest absolute Gasteiger partial charge is 0.121 e. The van der Waals surface area contributed by atoms with E-state index in [9.17, 15) is 15.3 Å². The molecule has 0 saturated carbocycles. The van der Waals surface area contributed by atoms with Crippen LogP contribution in [0.5, 0.6) is 5.75 Å². The van der Waals surface area contributed by atoms with E-state index in [0.717, 1.165) is 39.0 Å². The Balaban J connectivity index is 1.39. The Morgan fingerprint density at radius 2 is 1.60 bits per heavy atom. The molecule has 166 valence electrons. The van der Waals surface area contributed by atoms with Crippen molar-refractivity contribution in [2.45, 2.75) is 57.7 Å². The third kappa shape index (κ3) is 9.72. The molecule has 4 N–H and O–H groups in total. The van der Waals surface area contributed by atoms with Gasteiger partial charge in [0.05, 0.1) is 12.7 Å². The van der Waals surface area contributed by atoms with Crippen molar-refractivity contribution in [2.24, 2.45) is 0 Å². The maximum Gasteiger partial charge on any atom is 0.121 e. The number of nitrogens with one attached hydrogen (secondary N) is 1.